The summed E-state index contributed by atoms with van der Waals surface area (Å²) < 4.78 is 0. The Hall–Kier alpha value is -0.520. The summed E-state index contributed by atoms with van der Waals surface area (Å²) in [4.78, 5) is 0. The highest BCUT2D eigenvalue weighted by atomic mass is 14.6. The minimum Gasteiger partial charge on any atom is -0.0634 e. The van der Waals surface area contributed by atoms with Crippen LogP contribution in [-0.4, -0.2) is 0 Å². The third-order valence-electron chi connectivity index (χ3n) is 10.0. The van der Waals surface area contributed by atoms with E-state index < -0.39 is 0 Å². The maximum absolute atomic E-state index is 2.69. The highest BCUT2D eigenvalue weighted by Crippen LogP contribution is 2.66. The monoisotopic (exact) mass is 382 g/mol. The van der Waals surface area contributed by atoms with Crippen LogP contribution in [0.15, 0.2) is 23.3 Å². The molecule has 0 saturated heterocycles. The molecule has 158 valence electrons. The smallest absolute Gasteiger partial charge is 0.00474 e. The Balaban J connectivity index is 1.53. The first-order chi connectivity index (χ1) is 13.3. The summed E-state index contributed by atoms with van der Waals surface area (Å²) in [6, 6.07) is 0. The van der Waals surface area contributed by atoms with Crippen LogP contribution in [0.5, 0.6) is 0 Å². The van der Waals surface area contributed by atoms with E-state index >= 15 is 0 Å². The predicted molar refractivity (Wildman–Crippen MR) is 122 cm³/mol. The molecule has 4 aliphatic carbocycles. The van der Waals surface area contributed by atoms with Crippen molar-refractivity contribution in [1.29, 1.82) is 0 Å². The molecule has 28 heavy (non-hydrogen) atoms. The Morgan fingerprint density at radius 2 is 1.71 bits per heavy atom. The van der Waals surface area contributed by atoms with Crippen molar-refractivity contribution in [3.05, 3.63) is 23.3 Å². The fourth-order valence-corrected chi connectivity index (χ4v) is 8.21. The van der Waals surface area contributed by atoms with E-state index in [4.69, 9.17) is 0 Å². The van der Waals surface area contributed by atoms with Gasteiger partial charge in [0.1, 0.15) is 0 Å². The minimum atomic E-state index is 0.485. The largest absolute Gasteiger partial charge is 0.0634 e. The summed E-state index contributed by atoms with van der Waals surface area (Å²) in [5.74, 6) is 5.35. The first-order valence-electron chi connectivity index (χ1n) is 12.7. The summed E-state index contributed by atoms with van der Waals surface area (Å²) in [6.45, 7) is 15.1. The van der Waals surface area contributed by atoms with Gasteiger partial charge in [0.05, 0.1) is 0 Å². The second-order valence-corrected chi connectivity index (χ2v) is 12.3. The van der Waals surface area contributed by atoms with Crippen molar-refractivity contribution in [1.82, 2.24) is 0 Å². The molecule has 0 spiro atoms. The molecule has 0 N–H and O–H groups in total. The fourth-order valence-electron chi connectivity index (χ4n) is 8.21. The van der Waals surface area contributed by atoms with Crippen molar-refractivity contribution in [3.8, 4) is 0 Å². The molecule has 0 heteroatoms. The SMILES string of the molecule is CC(C)CCCC(C)C1CCC2C3=CC=C4CC(C)CCC4(C)C3CCC21C. The van der Waals surface area contributed by atoms with Crippen LogP contribution in [-0.2, 0) is 0 Å². The lowest BCUT2D eigenvalue weighted by atomic mass is 9.49. The molecule has 3 saturated carbocycles. The topological polar surface area (TPSA) is 0 Å². The van der Waals surface area contributed by atoms with Gasteiger partial charge in [0, 0.05) is 0 Å². The molecule has 0 nitrogen and oxygen atoms in total. The van der Waals surface area contributed by atoms with Gasteiger partial charge in [-0.05, 0) is 91.3 Å². The third-order valence-corrected chi connectivity index (χ3v) is 10.0. The van der Waals surface area contributed by atoms with Gasteiger partial charge >= 0.3 is 0 Å². The molecule has 0 aromatic carbocycles. The molecule has 0 heterocycles. The lowest BCUT2D eigenvalue weighted by Crippen LogP contribution is -2.46. The molecule has 3 fully saturated rings. The Morgan fingerprint density at radius 3 is 2.46 bits per heavy atom. The number of fused-ring (bicyclic) bond motifs is 5. The van der Waals surface area contributed by atoms with Crippen LogP contribution >= 0.6 is 0 Å². The standard InChI is InChI=1S/C28H46/c1-19(2)8-7-9-21(4)24-12-13-25-23-11-10-22-18-20(3)14-16-27(22,5)26(23)15-17-28(24,25)6/h10-11,19-21,24-26H,7-9,12-18H2,1-6H3. The van der Waals surface area contributed by atoms with Crippen molar-refractivity contribution in [2.24, 2.45) is 46.3 Å². The van der Waals surface area contributed by atoms with E-state index in [1.165, 1.54) is 64.2 Å². The van der Waals surface area contributed by atoms with Gasteiger partial charge in [0.15, 0.2) is 0 Å². The van der Waals surface area contributed by atoms with E-state index in [1.807, 2.05) is 5.57 Å². The highest BCUT2D eigenvalue weighted by Gasteiger charge is 2.56. The lowest BCUT2D eigenvalue weighted by molar-refractivity contribution is 0.0447. The van der Waals surface area contributed by atoms with Crippen LogP contribution in [0.1, 0.15) is 106 Å². The van der Waals surface area contributed by atoms with Gasteiger partial charge in [-0.3, -0.25) is 0 Å². The van der Waals surface area contributed by atoms with E-state index in [1.54, 1.807) is 5.57 Å². The molecule has 0 radical (unpaired) electrons. The average Bonchev–Trinajstić information content (AvgIpc) is 2.99. The first kappa shape index (κ1) is 20.7. The van der Waals surface area contributed by atoms with Gasteiger partial charge in [-0.25, -0.2) is 0 Å². The van der Waals surface area contributed by atoms with Crippen molar-refractivity contribution in [3.63, 3.8) is 0 Å². The fraction of sp³-hybridized carbons (Fsp3) is 0.857. The van der Waals surface area contributed by atoms with Crippen LogP contribution in [0.2, 0.25) is 0 Å². The molecule has 0 aromatic heterocycles. The summed E-state index contributed by atoms with van der Waals surface area (Å²) in [7, 11) is 0. The van der Waals surface area contributed by atoms with Crippen molar-refractivity contribution in [2.75, 3.05) is 0 Å². The van der Waals surface area contributed by atoms with E-state index in [0.717, 1.165) is 35.5 Å². The lowest BCUT2D eigenvalue weighted by Gasteiger charge is -2.55. The maximum atomic E-state index is 2.69. The molecule has 7 unspecified atom stereocenters. The zero-order valence-electron chi connectivity index (χ0n) is 19.7. The second-order valence-electron chi connectivity index (χ2n) is 12.3. The van der Waals surface area contributed by atoms with Crippen molar-refractivity contribution < 1.29 is 0 Å². The van der Waals surface area contributed by atoms with E-state index in [-0.39, 0.29) is 0 Å². The zero-order chi connectivity index (χ0) is 20.1. The molecule has 4 aliphatic rings. The molecular weight excluding hydrogens is 336 g/mol. The van der Waals surface area contributed by atoms with Crippen molar-refractivity contribution >= 4 is 0 Å². The van der Waals surface area contributed by atoms with E-state index in [9.17, 15) is 0 Å². The Bertz CT molecular complexity index is 636. The summed E-state index contributed by atoms with van der Waals surface area (Å²) in [5.41, 5.74) is 4.73. The molecular formula is C28H46. The summed E-state index contributed by atoms with van der Waals surface area (Å²) in [6.07, 6.45) is 19.6. The average molecular weight is 383 g/mol. The Kier molecular flexibility index (Phi) is 5.65. The quantitative estimate of drug-likeness (QED) is 0.446. The van der Waals surface area contributed by atoms with Crippen LogP contribution in [0.4, 0.5) is 0 Å². The maximum Gasteiger partial charge on any atom is -0.00474 e. The van der Waals surface area contributed by atoms with Gasteiger partial charge in [0.2, 0.25) is 0 Å². The molecule has 0 bridgehead atoms. The van der Waals surface area contributed by atoms with Gasteiger partial charge in [-0.1, -0.05) is 84.1 Å². The second kappa shape index (κ2) is 7.63. The normalized spacial score (nSPS) is 43.7. The van der Waals surface area contributed by atoms with Gasteiger partial charge in [0.25, 0.3) is 0 Å². The highest BCUT2D eigenvalue weighted by molar-refractivity contribution is 5.38. The minimum absolute atomic E-state index is 0.485. The van der Waals surface area contributed by atoms with Crippen LogP contribution in [0.25, 0.3) is 0 Å². The third kappa shape index (κ3) is 3.35. The molecule has 7 atom stereocenters. The summed E-state index contributed by atoms with van der Waals surface area (Å²) >= 11 is 0. The number of hydrogen-bond acceptors (Lipinski definition) is 0. The Labute approximate surface area is 175 Å². The van der Waals surface area contributed by atoms with E-state index in [0.29, 0.717) is 10.8 Å². The molecule has 0 aromatic rings. The molecule has 0 aliphatic heterocycles. The predicted octanol–water partition coefficient (Wildman–Crippen LogP) is 8.58. The van der Waals surface area contributed by atoms with Gasteiger partial charge in [-0.2, -0.15) is 0 Å². The number of rotatable bonds is 5. The van der Waals surface area contributed by atoms with E-state index in [2.05, 4.69) is 53.7 Å². The number of allylic oxidation sites excluding steroid dienone is 4. The Morgan fingerprint density at radius 1 is 0.929 bits per heavy atom. The molecule has 0 amide bonds. The van der Waals surface area contributed by atoms with Crippen molar-refractivity contribution in [2.45, 2.75) is 106 Å². The van der Waals surface area contributed by atoms with Gasteiger partial charge < -0.3 is 0 Å². The molecule has 4 rings (SSSR count). The van der Waals surface area contributed by atoms with Gasteiger partial charge in [-0.15, -0.1) is 0 Å². The number of hydrogen-bond donors (Lipinski definition) is 0. The zero-order valence-corrected chi connectivity index (χ0v) is 19.7. The summed E-state index contributed by atoms with van der Waals surface area (Å²) in [5, 5.41) is 0. The van der Waals surface area contributed by atoms with Crippen LogP contribution in [0, 0.1) is 46.3 Å². The first-order valence-corrected chi connectivity index (χ1v) is 12.7. The van der Waals surface area contributed by atoms with Crippen LogP contribution < -0.4 is 0 Å². The van der Waals surface area contributed by atoms with Crippen LogP contribution in [0.3, 0.4) is 0 Å².